The van der Waals surface area contributed by atoms with Gasteiger partial charge in [0.15, 0.2) is 54.7 Å². The minimum absolute atomic E-state index is 0.165. The number of carbonyl (C=O) groups excluding carboxylic acids is 6. The van der Waals surface area contributed by atoms with Gasteiger partial charge in [-0.3, -0.25) is 24.0 Å². The van der Waals surface area contributed by atoms with E-state index in [0.717, 1.165) is 42.5 Å². The van der Waals surface area contributed by atoms with Crippen molar-refractivity contribution in [2.24, 2.45) is 5.73 Å². The summed E-state index contributed by atoms with van der Waals surface area (Å²) in [6, 6.07) is 7.60. The van der Waals surface area contributed by atoms with Gasteiger partial charge in [0.1, 0.15) is 114 Å². The summed E-state index contributed by atoms with van der Waals surface area (Å²) in [6.07, 6.45) is -38.1. The summed E-state index contributed by atoms with van der Waals surface area (Å²) < 4.78 is 73.9. The number of ether oxygens (including phenoxy) is 12. The van der Waals surface area contributed by atoms with Crippen molar-refractivity contribution in [3.05, 3.63) is 159 Å². The van der Waals surface area contributed by atoms with E-state index >= 15 is 19.2 Å². The van der Waals surface area contributed by atoms with E-state index in [9.17, 15) is 85.9 Å². The number of nitrogens with one attached hydrogen (secondary N) is 6. The summed E-state index contributed by atoms with van der Waals surface area (Å²) in [5, 5.41) is 171. The Kier molecular flexibility index (Phi) is 24.7. The highest BCUT2D eigenvalue weighted by Crippen LogP contribution is 2.50. The first-order valence-corrected chi connectivity index (χ1v) is 37.3. The molecule has 10 aliphatic heterocycles. The number of phenolic OH excluding ortho intramolecular Hbond substituents is 1. The predicted molar refractivity (Wildman–Crippen MR) is 388 cm³/mol. The van der Waals surface area contributed by atoms with Crippen LogP contribution in [0.2, 0.25) is 5.02 Å². The van der Waals surface area contributed by atoms with E-state index in [2.05, 4.69) is 31.9 Å². The first-order chi connectivity index (χ1) is 55.9. The molecule has 16 rings (SSSR count). The molecular weight excluding hydrogens is 1570 g/mol. The van der Waals surface area contributed by atoms with Crippen molar-refractivity contribution in [2.75, 3.05) is 20.3 Å². The number of phenols is 1. The van der Waals surface area contributed by atoms with Crippen LogP contribution in [0.15, 0.2) is 121 Å². The van der Waals surface area contributed by atoms with Crippen molar-refractivity contribution in [3.8, 4) is 40.2 Å². The van der Waals surface area contributed by atoms with Crippen molar-refractivity contribution in [1.82, 2.24) is 31.9 Å². The molecule has 1 aliphatic carbocycles. The predicted octanol–water partition coefficient (Wildman–Crippen LogP) is -3.77. The average Bonchev–Trinajstić information content (AvgIpc) is 1.49. The Hall–Kier alpha value is -9.84. The Labute approximate surface area is 667 Å². The molecule has 40 nitrogen and oxygen atoms in total. The lowest BCUT2D eigenvalue weighted by Gasteiger charge is -2.45. The number of fused-ring (bicyclic) bond motifs is 12. The van der Waals surface area contributed by atoms with Gasteiger partial charge in [0.2, 0.25) is 47.9 Å². The van der Waals surface area contributed by atoms with E-state index in [4.69, 9.17) is 74.2 Å². The number of aliphatic carboxylic acids is 1. The van der Waals surface area contributed by atoms with E-state index < -0.39 is 288 Å². The van der Waals surface area contributed by atoms with Crippen molar-refractivity contribution in [1.29, 1.82) is 0 Å². The van der Waals surface area contributed by atoms with E-state index in [-0.39, 0.29) is 35.3 Å². The number of aromatic hydroxyl groups is 1. The molecule has 22 N–H and O–H groups in total. The van der Waals surface area contributed by atoms with Crippen LogP contribution >= 0.6 is 11.6 Å². The van der Waals surface area contributed by atoms with Gasteiger partial charge in [-0.1, -0.05) is 78.4 Å². The van der Waals surface area contributed by atoms with Crippen LogP contribution in [0.5, 0.6) is 40.2 Å². The molecule has 41 heteroatoms. The maximum Gasteiger partial charge on any atom is 0.408 e. The molecule has 2 unspecified atom stereocenters. The molecule has 0 spiro atoms. The maximum atomic E-state index is 16.6. The molecule has 0 radical (unpaired) electrons. The third kappa shape index (κ3) is 17.0. The van der Waals surface area contributed by atoms with Gasteiger partial charge in [-0.05, 0) is 82.8 Å². The number of carboxylic acid groups (broad SMARTS) is 1. The molecular formula is C76H84ClN7O33. The number of aliphatic hydroxyl groups is 12. The van der Waals surface area contributed by atoms with Crippen LogP contribution < -0.4 is 56.6 Å². The Morgan fingerprint density at radius 2 is 1.25 bits per heavy atom. The minimum atomic E-state index is -2.39. The zero-order valence-corrected chi connectivity index (χ0v) is 62.3. The highest BCUT2D eigenvalue weighted by Gasteiger charge is 2.54. The normalized spacial score (nSPS) is 36.3. The molecule has 10 heterocycles. The highest BCUT2D eigenvalue weighted by atomic mass is 35.5. The minimum Gasteiger partial charge on any atom is -0.508 e. The lowest BCUT2D eigenvalue weighted by Crippen LogP contribution is -2.64. The fraction of sp³-hybridized carbons (Fsp3) is 0.461. The molecule has 5 aromatic carbocycles. The average molecular weight is 1660 g/mol. The SMILES string of the molecule is CO[C@H]1[C@H](C)O[C@@H](O[C@@H]2c3ccc(c(Cl)c3)Oc3cc4cc(c3O[C@@H]3O[C@H](CO)[C@@H](O)[C@H](O)[C@H]3O[C@@H]3O[C@@H](O)[C@H](O)[C@@H](O)[C@H]3O)Oc3ccc(cc3)[C@H]3OC(=O)N[C@H]3C(=O)N[C@@H](Cc3ccccc3)C(=O)N[C@H]4C(=O)N[C@H]3C(=O)N[C@@H]2C(=O)N[C@H](C(=O)O)c2cc(O)cc(O[C@H]4O[C@H](CO)[C@@H](O)[C@H](O)[C@@H]4O)c2C2C=C3C=CC2O)C[C@@H]1N. The fourth-order valence-corrected chi connectivity index (χ4v) is 15.6. The number of methoxy groups -OCH3 is 1. The number of nitrogens with two attached hydrogens (primary N) is 1. The molecule has 6 amide bonds. The lowest BCUT2D eigenvalue weighted by molar-refractivity contribution is -0.378. The Morgan fingerprint density at radius 3 is 1.93 bits per heavy atom. The van der Waals surface area contributed by atoms with Crippen molar-refractivity contribution >= 4 is 53.2 Å². The Bertz CT molecular complexity index is 4620. The molecule has 117 heavy (non-hydrogen) atoms. The number of halogens is 1. The zero-order valence-electron chi connectivity index (χ0n) is 61.5. The van der Waals surface area contributed by atoms with E-state index in [0.29, 0.717) is 5.56 Å². The number of alkyl carbamates (subject to hydrolysis) is 1. The number of hydrogen-bond acceptors (Lipinski definition) is 33. The van der Waals surface area contributed by atoms with Crippen molar-refractivity contribution in [2.45, 2.75) is 197 Å². The second-order valence-electron chi connectivity index (χ2n) is 29.2. The Balaban J connectivity index is 1.01. The fourth-order valence-electron chi connectivity index (χ4n) is 15.4. The van der Waals surface area contributed by atoms with Gasteiger partial charge in [-0.15, -0.1) is 0 Å². The second kappa shape index (κ2) is 34.6. The van der Waals surface area contributed by atoms with Crippen molar-refractivity contribution < 1.29 is 162 Å². The molecule has 628 valence electrons. The topological polar surface area (TPSA) is 612 Å². The molecule has 29 atom stereocenters. The number of rotatable bonds is 14. The van der Waals surface area contributed by atoms with Gasteiger partial charge in [-0.25, -0.2) is 9.59 Å². The van der Waals surface area contributed by atoms with E-state index in [1.54, 1.807) is 37.3 Å². The lowest BCUT2D eigenvalue weighted by atomic mass is 9.80. The summed E-state index contributed by atoms with van der Waals surface area (Å²) in [5.74, 6) is -14.0. The van der Waals surface area contributed by atoms with Gasteiger partial charge < -0.3 is 166 Å². The summed E-state index contributed by atoms with van der Waals surface area (Å²) in [5.41, 5.74) is 5.29. The first kappa shape index (κ1) is 83.6. The molecule has 0 saturated carbocycles. The summed E-state index contributed by atoms with van der Waals surface area (Å²) in [7, 11) is 1.38. The number of benzene rings is 5. The number of carboxylic acids is 1. The van der Waals surface area contributed by atoms with Crippen LogP contribution in [-0.4, -0.2) is 281 Å². The third-order valence-electron chi connectivity index (χ3n) is 21.5. The van der Waals surface area contributed by atoms with Crippen LogP contribution in [0, 0.1) is 0 Å². The number of carbonyl (C=O) groups is 7. The monoisotopic (exact) mass is 1660 g/mol. The standard InChI is InChI=1S/C76H84ClN7O33/c1-26-61(106-2)37(78)23-46(107-26)113-63-30-11-15-40(36(77)18-30)109-43-20-31-19-42(64(43)114-75-65(57(93)54(90)45(25-86)112-75)115-74-60(96)56(92)58(94)72(104)117-74)108-33-12-8-28(9-13-33)62-52(84-76(105)116-62)69(100)79-38(16-27-6-4-3-5-7-27)66(97)80-49(31)68(99)81-48-29-10-14-39(88)34(17-29)47-35(50(71(102)103)82-70(101)51(63)83-67(48)98)21-32(87)22-41(47)110-73-59(95)55(91)53(89)44(24-85)111-73/h3-15,17-22,26,34,37-39,44-46,48-63,65,72-75,85-96,104H,16,23-25,78H2,1-2H3,(H,79,100)(H,80,97)(H,81,99)(H,82,101)(H,83,98)(H,84,105)(H,102,103)/t26-,34?,37-,38-,39?,44+,45+,46-,48+,49+,50-,51-,52+,53+,54+,55-,56+,57-,58+,59-,60+,61-,62+,63+,65+,72+,73-,74+,75-/m0/s1. The smallest absolute Gasteiger partial charge is 0.408 e. The van der Waals surface area contributed by atoms with Gasteiger partial charge in [0.25, 0.3) is 0 Å². The summed E-state index contributed by atoms with van der Waals surface area (Å²) in [6.45, 7) is -0.441. The van der Waals surface area contributed by atoms with Crippen LogP contribution in [0.1, 0.15) is 76.9 Å². The second-order valence-corrected chi connectivity index (χ2v) is 29.6. The molecule has 5 saturated heterocycles. The molecule has 5 aromatic rings. The van der Waals surface area contributed by atoms with Crippen LogP contribution in [0.3, 0.4) is 0 Å². The largest absolute Gasteiger partial charge is 0.508 e. The van der Waals surface area contributed by atoms with Crippen LogP contribution in [-0.2, 0) is 73.1 Å². The van der Waals surface area contributed by atoms with Crippen molar-refractivity contribution in [3.63, 3.8) is 0 Å². The summed E-state index contributed by atoms with van der Waals surface area (Å²) in [4.78, 5) is 107. The van der Waals surface area contributed by atoms with E-state index in [1.165, 1.54) is 49.6 Å². The third-order valence-corrected chi connectivity index (χ3v) is 21.8. The Morgan fingerprint density at radius 1 is 0.598 bits per heavy atom. The maximum absolute atomic E-state index is 16.6. The van der Waals surface area contributed by atoms with Gasteiger partial charge in [0.05, 0.1) is 36.5 Å². The van der Waals surface area contributed by atoms with Gasteiger partial charge in [-0.2, -0.15) is 0 Å². The number of amides is 6. The number of aliphatic hydroxyl groups excluding tert-OH is 12. The van der Waals surface area contributed by atoms with E-state index in [1.807, 2.05) is 0 Å². The molecule has 11 aliphatic rings. The number of hydrogen-bond donors (Lipinski definition) is 21. The zero-order chi connectivity index (χ0) is 83.4. The quantitative estimate of drug-likeness (QED) is 0.0507. The molecule has 11 bridgehead atoms. The van der Waals surface area contributed by atoms with Crippen LogP contribution in [0.4, 0.5) is 4.79 Å². The first-order valence-electron chi connectivity index (χ1n) is 36.9. The summed E-state index contributed by atoms with van der Waals surface area (Å²) >= 11 is 7.39. The molecule has 5 fully saturated rings. The molecule has 0 aromatic heterocycles. The highest BCUT2D eigenvalue weighted by molar-refractivity contribution is 6.32. The van der Waals surface area contributed by atoms with Gasteiger partial charge in [0, 0.05) is 43.5 Å². The van der Waals surface area contributed by atoms with Crippen LogP contribution in [0.25, 0.3) is 0 Å². The van der Waals surface area contributed by atoms with Gasteiger partial charge >= 0.3 is 12.1 Å².